The number of amides is 1. The van der Waals surface area contributed by atoms with Gasteiger partial charge >= 0.3 is 0 Å². The first-order chi connectivity index (χ1) is 12.8. The number of nitrogens with one attached hydrogen (secondary N) is 1. The summed E-state index contributed by atoms with van der Waals surface area (Å²) in [5.41, 5.74) is 2.60. The monoisotopic (exact) mass is 367 g/mol. The van der Waals surface area contributed by atoms with E-state index in [-0.39, 0.29) is 5.91 Å². The zero-order valence-electron chi connectivity index (χ0n) is 14.0. The van der Waals surface area contributed by atoms with Gasteiger partial charge in [0, 0.05) is 41.5 Å². The summed E-state index contributed by atoms with van der Waals surface area (Å²) < 4.78 is 11.0. The summed E-state index contributed by atoms with van der Waals surface area (Å²) in [5, 5.41) is 5.79. The highest BCUT2D eigenvalue weighted by molar-refractivity contribution is 7.13. The van der Waals surface area contributed by atoms with Crippen molar-refractivity contribution in [3.05, 3.63) is 53.8 Å². The zero-order chi connectivity index (χ0) is 17.8. The number of pyridine rings is 1. The van der Waals surface area contributed by atoms with Crippen molar-refractivity contribution >= 4 is 22.9 Å². The van der Waals surface area contributed by atoms with Crippen molar-refractivity contribution in [3.8, 4) is 22.1 Å². The quantitative estimate of drug-likeness (QED) is 0.747. The molecular formula is C19H17N3O3S. The van der Waals surface area contributed by atoms with Crippen LogP contribution >= 0.6 is 11.3 Å². The van der Waals surface area contributed by atoms with Crippen LogP contribution in [0.5, 0.6) is 11.5 Å². The summed E-state index contributed by atoms with van der Waals surface area (Å²) >= 11 is 1.56. The van der Waals surface area contributed by atoms with Gasteiger partial charge in [-0.2, -0.15) is 0 Å². The minimum Gasteiger partial charge on any atom is -0.486 e. The zero-order valence-corrected chi connectivity index (χ0v) is 14.8. The Labute approximate surface area is 154 Å². The fourth-order valence-corrected chi connectivity index (χ4v) is 3.47. The van der Waals surface area contributed by atoms with Crippen molar-refractivity contribution in [3.63, 3.8) is 0 Å². The molecule has 132 valence electrons. The van der Waals surface area contributed by atoms with Gasteiger partial charge in [-0.1, -0.05) is 0 Å². The molecule has 1 amide bonds. The Kier molecular flexibility index (Phi) is 4.79. The molecule has 6 nitrogen and oxygen atoms in total. The molecule has 0 fully saturated rings. The molecule has 1 aliphatic heterocycles. The lowest BCUT2D eigenvalue weighted by molar-refractivity contribution is -0.116. The topological polar surface area (TPSA) is 73.3 Å². The first-order valence-corrected chi connectivity index (χ1v) is 9.20. The van der Waals surface area contributed by atoms with Crippen LogP contribution in [0.4, 0.5) is 5.69 Å². The number of fused-ring (bicyclic) bond motifs is 1. The maximum Gasteiger partial charge on any atom is 0.224 e. The van der Waals surface area contributed by atoms with E-state index in [1.165, 1.54) is 0 Å². The highest BCUT2D eigenvalue weighted by Gasteiger charge is 2.13. The molecule has 1 N–H and O–H groups in total. The first-order valence-electron chi connectivity index (χ1n) is 8.32. The lowest BCUT2D eigenvalue weighted by Gasteiger charge is -2.19. The Bertz CT molecular complexity index is 911. The molecule has 1 aromatic carbocycles. The molecule has 3 heterocycles. The third-order valence-electron chi connectivity index (χ3n) is 3.89. The predicted octanol–water partition coefficient (Wildman–Crippen LogP) is 3.55. The van der Waals surface area contributed by atoms with Gasteiger partial charge in [-0.3, -0.25) is 9.78 Å². The Morgan fingerprint density at radius 2 is 2.08 bits per heavy atom. The van der Waals surface area contributed by atoms with Crippen LogP contribution in [0.15, 0.2) is 48.1 Å². The van der Waals surface area contributed by atoms with E-state index < -0.39 is 0 Å². The number of thiazole rings is 1. The molecule has 0 saturated carbocycles. The van der Waals surface area contributed by atoms with Gasteiger partial charge in [-0.15, -0.1) is 11.3 Å². The number of aromatic nitrogens is 2. The maximum atomic E-state index is 12.2. The van der Waals surface area contributed by atoms with Crippen LogP contribution in [0, 0.1) is 0 Å². The van der Waals surface area contributed by atoms with Crippen LogP contribution in [0.25, 0.3) is 10.6 Å². The van der Waals surface area contributed by atoms with Crippen LogP contribution in [0.1, 0.15) is 12.1 Å². The molecular weight excluding hydrogens is 350 g/mol. The van der Waals surface area contributed by atoms with E-state index in [1.807, 2.05) is 29.6 Å². The van der Waals surface area contributed by atoms with E-state index in [1.54, 1.807) is 29.8 Å². The SMILES string of the molecule is O=C(CCc1csc(-c2cccnc2)n1)Nc1ccc2c(c1)OCCO2. The van der Waals surface area contributed by atoms with Gasteiger partial charge in [0.2, 0.25) is 5.91 Å². The van der Waals surface area contributed by atoms with Crippen molar-refractivity contribution in [2.75, 3.05) is 18.5 Å². The molecule has 0 unspecified atom stereocenters. The van der Waals surface area contributed by atoms with Gasteiger partial charge in [-0.25, -0.2) is 4.98 Å². The van der Waals surface area contributed by atoms with E-state index >= 15 is 0 Å². The molecule has 0 bridgehead atoms. The fourth-order valence-electron chi connectivity index (χ4n) is 2.63. The average Bonchev–Trinajstić information content (AvgIpc) is 3.16. The van der Waals surface area contributed by atoms with E-state index in [4.69, 9.17) is 9.47 Å². The van der Waals surface area contributed by atoms with Crippen LogP contribution in [-0.2, 0) is 11.2 Å². The van der Waals surface area contributed by atoms with Crippen molar-refractivity contribution in [2.24, 2.45) is 0 Å². The third-order valence-corrected chi connectivity index (χ3v) is 4.83. The first kappa shape index (κ1) is 16.5. The summed E-state index contributed by atoms with van der Waals surface area (Å²) in [7, 11) is 0. The molecule has 1 aliphatic rings. The summed E-state index contributed by atoms with van der Waals surface area (Å²) in [4.78, 5) is 20.9. The van der Waals surface area contributed by atoms with Crippen molar-refractivity contribution in [1.29, 1.82) is 0 Å². The van der Waals surface area contributed by atoms with Crippen molar-refractivity contribution in [1.82, 2.24) is 9.97 Å². The minimum atomic E-state index is -0.0578. The van der Waals surface area contributed by atoms with Gasteiger partial charge in [0.1, 0.15) is 18.2 Å². The Morgan fingerprint density at radius 3 is 2.92 bits per heavy atom. The largest absolute Gasteiger partial charge is 0.486 e. The molecule has 7 heteroatoms. The number of carbonyl (C=O) groups excluding carboxylic acids is 1. The summed E-state index contributed by atoms with van der Waals surface area (Å²) in [6.45, 7) is 1.07. The van der Waals surface area contributed by atoms with E-state index in [9.17, 15) is 4.79 Å². The molecule has 0 saturated heterocycles. The number of aryl methyl sites for hydroxylation is 1. The Morgan fingerprint density at radius 1 is 1.19 bits per heavy atom. The van der Waals surface area contributed by atoms with Gasteiger partial charge in [0.05, 0.1) is 5.69 Å². The number of ether oxygens (including phenoxy) is 2. The number of benzene rings is 1. The van der Waals surface area contributed by atoms with E-state index in [0.717, 1.165) is 16.3 Å². The molecule has 0 aliphatic carbocycles. The van der Waals surface area contributed by atoms with E-state index in [0.29, 0.717) is 43.2 Å². The maximum absolute atomic E-state index is 12.2. The number of anilines is 1. The normalized spacial score (nSPS) is 12.6. The summed E-state index contributed by atoms with van der Waals surface area (Å²) in [6, 6.07) is 9.27. The standard InChI is InChI=1S/C19H17N3O3S/c23-18(21-14-3-5-16-17(10-14)25-9-8-24-16)6-4-15-12-26-19(22-15)13-2-1-7-20-11-13/h1-3,5,7,10-12H,4,6,8-9H2,(H,21,23). The smallest absolute Gasteiger partial charge is 0.224 e. The van der Waals surface area contributed by atoms with Crippen LogP contribution in [0.2, 0.25) is 0 Å². The van der Waals surface area contributed by atoms with Gasteiger partial charge in [0.15, 0.2) is 11.5 Å². The van der Waals surface area contributed by atoms with Crippen molar-refractivity contribution in [2.45, 2.75) is 12.8 Å². The van der Waals surface area contributed by atoms with Crippen molar-refractivity contribution < 1.29 is 14.3 Å². The molecule has 0 radical (unpaired) electrons. The second-order valence-corrected chi connectivity index (χ2v) is 6.65. The molecule has 0 spiro atoms. The second-order valence-electron chi connectivity index (χ2n) is 5.79. The van der Waals surface area contributed by atoms with E-state index in [2.05, 4.69) is 15.3 Å². The van der Waals surface area contributed by atoms with Gasteiger partial charge in [-0.05, 0) is 30.7 Å². The van der Waals surface area contributed by atoms with Gasteiger partial charge in [0.25, 0.3) is 0 Å². The molecule has 3 aromatic rings. The second kappa shape index (κ2) is 7.53. The Hall–Kier alpha value is -2.93. The van der Waals surface area contributed by atoms with Crippen LogP contribution in [-0.4, -0.2) is 29.1 Å². The number of nitrogens with zero attached hydrogens (tertiary/aromatic N) is 2. The molecule has 4 rings (SSSR count). The summed E-state index contributed by atoms with van der Waals surface area (Å²) in [5.74, 6) is 1.31. The fraction of sp³-hybridized carbons (Fsp3) is 0.211. The predicted molar refractivity (Wildman–Crippen MR) is 99.7 cm³/mol. The van der Waals surface area contributed by atoms with Crippen LogP contribution < -0.4 is 14.8 Å². The average molecular weight is 367 g/mol. The minimum absolute atomic E-state index is 0.0578. The van der Waals surface area contributed by atoms with Gasteiger partial charge < -0.3 is 14.8 Å². The number of hydrogen-bond donors (Lipinski definition) is 1. The molecule has 2 aromatic heterocycles. The highest BCUT2D eigenvalue weighted by Crippen LogP contribution is 2.32. The Balaban J connectivity index is 1.34. The molecule has 0 atom stereocenters. The number of rotatable bonds is 5. The van der Waals surface area contributed by atoms with Crippen LogP contribution in [0.3, 0.4) is 0 Å². The highest BCUT2D eigenvalue weighted by atomic mass is 32.1. The lowest BCUT2D eigenvalue weighted by atomic mass is 10.2. The summed E-state index contributed by atoms with van der Waals surface area (Å²) in [6.07, 6.45) is 4.48. The number of hydrogen-bond acceptors (Lipinski definition) is 6. The number of carbonyl (C=O) groups is 1. The molecule has 26 heavy (non-hydrogen) atoms. The lowest BCUT2D eigenvalue weighted by Crippen LogP contribution is -2.16. The third kappa shape index (κ3) is 3.83.